The van der Waals surface area contributed by atoms with Gasteiger partial charge in [-0.05, 0) is 37.5 Å². The minimum absolute atomic E-state index is 0.104. The first-order chi connectivity index (χ1) is 9.16. The molecule has 1 aliphatic carbocycles. The molecule has 0 fully saturated rings. The molecular weight excluding hydrogens is 241 g/mol. The molecule has 0 bridgehead atoms. The van der Waals surface area contributed by atoms with Crippen LogP contribution < -0.4 is 0 Å². The van der Waals surface area contributed by atoms with Gasteiger partial charge in [0.25, 0.3) is 0 Å². The zero-order chi connectivity index (χ0) is 13.4. The zero-order valence-electron chi connectivity index (χ0n) is 10.8. The largest absolute Gasteiger partial charge is 0.388 e. The third-order valence-corrected chi connectivity index (χ3v) is 3.85. The van der Waals surface area contributed by atoms with Gasteiger partial charge in [-0.3, -0.25) is 4.98 Å². The van der Waals surface area contributed by atoms with Crippen molar-refractivity contribution in [3.05, 3.63) is 64.7 Å². The molecule has 2 atom stereocenters. The highest BCUT2D eigenvalue weighted by molar-refractivity contribution is 5.34. The molecule has 0 amide bonds. The molecule has 0 spiro atoms. The van der Waals surface area contributed by atoms with Gasteiger partial charge in [0.05, 0.1) is 6.10 Å². The van der Waals surface area contributed by atoms with Crippen LogP contribution >= 0.6 is 0 Å². The highest BCUT2D eigenvalue weighted by Crippen LogP contribution is 2.41. The van der Waals surface area contributed by atoms with Crippen molar-refractivity contribution < 1.29 is 9.50 Å². The Kier molecular flexibility index (Phi) is 3.07. The van der Waals surface area contributed by atoms with Gasteiger partial charge in [-0.25, -0.2) is 4.39 Å². The van der Waals surface area contributed by atoms with Crippen LogP contribution in [-0.4, -0.2) is 10.1 Å². The van der Waals surface area contributed by atoms with E-state index >= 15 is 0 Å². The number of nitrogens with zero attached hydrogens (tertiary/aromatic N) is 1. The van der Waals surface area contributed by atoms with Crippen LogP contribution in [0.1, 0.15) is 40.8 Å². The molecule has 2 aromatic rings. The summed E-state index contributed by atoms with van der Waals surface area (Å²) < 4.78 is 13.9. The maximum atomic E-state index is 13.9. The Balaban J connectivity index is 1.97. The number of aliphatic hydroxyl groups excluding tert-OH is 1. The van der Waals surface area contributed by atoms with Gasteiger partial charge < -0.3 is 5.11 Å². The zero-order valence-corrected chi connectivity index (χ0v) is 10.8. The van der Waals surface area contributed by atoms with Crippen molar-refractivity contribution in [2.45, 2.75) is 31.8 Å². The number of aliphatic hydroxyl groups is 1. The maximum Gasteiger partial charge on any atom is 0.129 e. The number of halogens is 1. The molecule has 0 saturated carbocycles. The fourth-order valence-corrected chi connectivity index (χ4v) is 2.86. The van der Waals surface area contributed by atoms with Gasteiger partial charge in [-0.2, -0.15) is 0 Å². The van der Waals surface area contributed by atoms with Crippen molar-refractivity contribution in [1.82, 2.24) is 4.98 Å². The predicted molar refractivity (Wildman–Crippen MR) is 71.4 cm³/mol. The molecule has 19 heavy (non-hydrogen) atoms. The number of aryl methyl sites for hydroxylation is 2. The van der Waals surface area contributed by atoms with Crippen molar-refractivity contribution in [2.24, 2.45) is 0 Å². The second-order valence-corrected chi connectivity index (χ2v) is 5.16. The molecule has 1 aromatic carbocycles. The van der Waals surface area contributed by atoms with Crippen LogP contribution in [0.2, 0.25) is 0 Å². The second kappa shape index (κ2) is 4.74. The van der Waals surface area contributed by atoms with E-state index in [-0.39, 0.29) is 11.7 Å². The quantitative estimate of drug-likeness (QED) is 0.895. The minimum atomic E-state index is -0.823. The molecular formula is C16H16FNO. The number of aromatic nitrogens is 1. The van der Waals surface area contributed by atoms with Gasteiger partial charge in [0.1, 0.15) is 5.82 Å². The summed E-state index contributed by atoms with van der Waals surface area (Å²) in [5.74, 6) is -0.449. The molecule has 0 radical (unpaired) electrons. The van der Waals surface area contributed by atoms with Gasteiger partial charge in [0.15, 0.2) is 0 Å². The molecule has 0 saturated heterocycles. The van der Waals surface area contributed by atoms with E-state index in [2.05, 4.69) is 4.98 Å². The van der Waals surface area contributed by atoms with Gasteiger partial charge in [0, 0.05) is 23.4 Å². The van der Waals surface area contributed by atoms with E-state index in [1.165, 1.54) is 11.6 Å². The van der Waals surface area contributed by atoms with Crippen LogP contribution in [0, 0.1) is 12.7 Å². The number of rotatable bonds is 2. The first-order valence-corrected chi connectivity index (χ1v) is 6.54. The SMILES string of the molecule is Cc1ccc(F)c(C(O)C2CCc3cccnc32)c1. The van der Waals surface area contributed by atoms with Crippen molar-refractivity contribution in [3.63, 3.8) is 0 Å². The lowest BCUT2D eigenvalue weighted by molar-refractivity contribution is 0.139. The van der Waals surface area contributed by atoms with Crippen LogP contribution in [0.3, 0.4) is 0 Å². The third kappa shape index (κ3) is 2.15. The number of fused-ring (bicyclic) bond motifs is 1. The average Bonchev–Trinajstić information content (AvgIpc) is 2.84. The Bertz CT molecular complexity index is 611. The van der Waals surface area contributed by atoms with Crippen molar-refractivity contribution >= 4 is 0 Å². The Morgan fingerprint density at radius 3 is 3.05 bits per heavy atom. The predicted octanol–water partition coefficient (Wildman–Crippen LogP) is 3.29. The fraction of sp³-hybridized carbons (Fsp3) is 0.312. The second-order valence-electron chi connectivity index (χ2n) is 5.16. The van der Waals surface area contributed by atoms with E-state index in [0.717, 1.165) is 24.1 Å². The molecule has 1 N–H and O–H groups in total. The molecule has 2 unspecified atom stereocenters. The van der Waals surface area contributed by atoms with Crippen LogP contribution in [-0.2, 0) is 6.42 Å². The summed E-state index contributed by atoms with van der Waals surface area (Å²) in [6.45, 7) is 1.90. The van der Waals surface area contributed by atoms with Crippen LogP contribution in [0.15, 0.2) is 36.5 Å². The van der Waals surface area contributed by atoms with Crippen LogP contribution in [0.5, 0.6) is 0 Å². The molecule has 0 aliphatic heterocycles. The monoisotopic (exact) mass is 257 g/mol. The first kappa shape index (κ1) is 12.3. The number of hydrogen-bond donors (Lipinski definition) is 1. The number of hydrogen-bond acceptors (Lipinski definition) is 2. The van der Waals surface area contributed by atoms with E-state index in [1.807, 2.05) is 19.1 Å². The van der Waals surface area contributed by atoms with Crippen LogP contribution in [0.4, 0.5) is 4.39 Å². The highest BCUT2D eigenvalue weighted by Gasteiger charge is 2.32. The number of pyridine rings is 1. The first-order valence-electron chi connectivity index (χ1n) is 6.54. The lowest BCUT2D eigenvalue weighted by atomic mass is 9.92. The fourth-order valence-electron chi connectivity index (χ4n) is 2.86. The molecule has 3 heteroatoms. The van der Waals surface area contributed by atoms with Gasteiger partial charge in [-0.1, -0.05) is 23.8 Å². The third-order valence-electron chi connectivity index (χ3n) is 3.85. The summed E-state index contributed by atoms with van der Waals surface area (Å²) in [5.41, 5.74) is 3.41. The molecule has 1 heterocycles. The summed E-state index contributed by atoms with van der Waals surface area (Å²) in [6.07, 6.45) is 2.63. The average molecular weight is 257 g/mol. The summed E-state index contributed by atoms with van der Waals surface area (Å²) in [4.78, 5) is 4.36. The Hall–Kier alpha value is -1.74. The van der Waals surface area contributed by atoms with E-state index in [9.17, 15) is 9.50 Å². The Morgan fingerprint density at radius 1 is 1.37 bits per heavy atom. The summed E-state index contributed by atoms with van der Waals surface area (Å²) in [6, 6.07) is 8.79. The van der Waals surface area contributed by atoms with Gasteiger partial charge >= 0.3 is 0 Å². The Labute approximate surface area is 111 Å². The lowest BCUT2D eigenvalue weighted by Crippen LogP contribution is -2.11. The molecule has 1 aromatic heterocycles. The van der Waals surface area contributed by atoms with E-state index in [4.69, 9.17) is 0 Å². The van der Waals surface area contributed by atoms with Crippen LogP contribution in [0.25, 0.3) is 0 Å². The molecule has 98 valence electrons. The standard InChI is InChI=1S/C16H16FNO/c1-10-4-7-14(17)13(9-10)16(19)12-6-5-11-3-2-8-18-15(11)12/h2-4,7-9,12,16,19H,5-6H2,1H3. The lowest BCUT2D eigenvalue weighted by Gasteiger charge is -2.19. The number of benzene rings is 1. The molecule has 2 nitrogen and oxygen atoms in total. The maximum absolute atomic E-state index is 13.9. The molecule has 1 aliphatic rings. The molecule has 3 rings (SSSR count). The van der Waals surface area contributed by atoms with E-state index in [1.54, 1.807) is 18.3 Å². The van der Waals surface area contributed by atoms with Crippen molar-refractivity contribution in [3.8, 4) is 0 Å². The van der Waals surface area contributed by atoms with Crippen molar-refractivity contribution in [1.29, 1.82) is 0 Å². The smallest absolute Gasteiger partial charge is 0.129 e. The minimum Gasteiger partial charge on any atom is -0.388 e. The van der Waals surface area contributed by atoms with E-state index in [0.29, 0.717) is 5.56 Å². The van der Waals surface area contributed by atoms with Gasteiger partial charge in [-0.15, -0.1) is 0 Å². The van der Waals surface area contributed by atoms with Crippen molar-refractivity contribution in [2.75, 3.05) is 0 Å². The summed E-state index contributed by atoms with van der Waals surface area (Å²) >= 11 is 0. The summed E-state index contributed by atoms with van der Waals surface area (Å²) in [7, 11) is 0. The van der Waals surface area contributed by atoms with E-state index < -0.39 is 6.10 Å². The topological polar surface area (TPSA) is 33.1 Å². The van der Waals surface area contributed by atoms with Gasteiger partial charge in [0.2, 0.25) is 0 Å². The normalized spacial score (nSPS) is 19.2. The Morgan fingerprint density at radius 2 is 2.21 bits per heavy atom. The summed E-state index contributed by atoms with van der Waals surface area (Å²) in [5, 5.41) is 10.5. The highest BCUT2D eigenvalue weighted by atomic mass is 19.1.